The number of nitrogens with zero attached hydrogens (tertiary/aromatic N) is 6. The fourth-order valence-electron chi connectivity index (χ4n) is 3.36. The Morgan fingerprint density at radius 3 is 2.53 bits per heavy atom. The van der Waals surface area contributed by atoms with Gasteiger partial charge in [-0.2, -0.15) is 5.10 Å². The van der Waals surface area contributed by atoms with Crippen molar-refractivity contribution >= 4 is 28.9 Å². The minimum absolute atomic E-state index is 0.221. The Bertz CT molecular complexity index is 1040. The number of anilines is 3. The number of aromatic amines is 1. The predicted molar refractivity (Wildman–Crippen MR) is 111 cm³/mol. The lowest BCUT2D eigenvalue weighted by atomic mass is 10.2. The molecule has 30 heavy (non-hydrogen) atoms. The molecule has 0 saturated carbocycles. The Labute approximate surface area is 171 Å². The van der Waals surface area contributed by atoms with Gasteiger partial charge in [0.05, 0.1) is 16.8 Å². The zero-order valence-electron chi connectivity index (χ0n) is 16.3. The standard InChI is InChI=1S/C19H20N8O3/c1-13-18(27(29)30)17(24-23-13)19(28)22-15-6-5-14(12-21-15)25-8-10-26(11-9-25)16-4-2-3-7-20-16/h2-7,12H,8-11H2,1H3,(H,23,24)(H,21,22,28). The summed E-state index contributed by atoms with van der Waals surface area (Å²) in [7, 11) is 0. The fourth-order valence-corrected chi connectivity index (χ4v) is 3.36. The number of hydrogen-bond donors (Lipinski definition) is 2. The Hall–Kier alpha value is -4.02. The molecule has 0 atom stereocenters. The molecule has 1 aliphatic heterocycles. The van der Waals surface area contributed by atoms with Crippen LogP contribution >= 0.6 is 0 Å². The molecule has 3 aromatic heterocycles. The molecule has 11 nitrogen and oxygen atoms in total. The van der Waals surface area contributed by atoms with Gasteiger partial charge in [0, 0.05) is 32.4 Å². The van der Waals surface area contributed by atoms with Crippen molar-refractivity contribution < 1.29 is 9.72 Å². The smallest absolute Gasteiger partial charge is 0.322 e. The third-order valence-electron chi connectivity index (χ3n) is 4.92. The second-order valence-electron chi connectivity index (χ2n) is 6.82. The van der Waals surface area contributed by atoms with E-state index in [1.807, 2.05) is 24.3 Å². The summed E-state index contributed by atoms with van der Waals surface area (Å²) in [5.41, 5.74) is 0.553. The van der Waals surface area contributed by atoms with E-state index in [1.54, 1.807) is 18.5 Å². The van der Waals surface area contributed by atoms with E-state index in [2.05, 4.69) is 35.3 Å². The molecule has 4 heterocycles. The van der Waals surface area contributed by atoms with Crippen LogP contribution in [-0.4, -0.2) is 57.2 Å². The first kappa shape index (κ1) is 19.3. The number of carbonyl (C=O) groups is 1. The molecule has 0 bridgehead atoms. The maximum Gasteiger partial charge on any atom is 0.322 e. The van der Waals surface area contributed by atoms with Crippen molar-refractivity contribution in [1.82, 2.24) is 20.2 Å². The van der Waals surface area contributed by atoms with E-state index in [4.69, 9.17) is 0 Å². The van der Waals surface area contributed by atoms with E-state index in [-0.39, 0.29) is 17.1 Å². The SMILES string of the molecule is Cc1[nH]nc(C(=O)Nc2ccc(N3CCN(c4ccccn4)CC3)cn2)c1[N+](=O)[O-]. The maximum atomic E-state index is 12.4. The van der Waals surface area contributed by atoms with E-state index < -0.39 is 10.8 Å². The zero-order valence-corrected chi connectivity index (χ0v) is 16.3. The summed E-state index contributed by atoms with van der Waals surface area (Å²) in [5.74, 6) is 0.581. The normalized spacial score (nSPS) is 13.9. The van der Waals surface area contributed by atoms with Crippen molar-refractivity contribution in [2.75, 3.05) is 41.3 Å². The molecular formula is C19H20N8O3. The highest BCUT2D eigenvalue weighted by atomic mass is 16.6. The lowest BCUT2D eigenvalue weighted by molar-refractivity contribution is -0.385. The van der Waals surface area contributed by atoms with Gasteiger partial charge in [0.1, 0.15) is 17.3 Å². The Morgan fingerprint density at radius 2 is 1.90 bits per heavy atom. The van der Waals surface area contributed by atoms with E-state index in [9.17, 15) is 14.9 Å². The molecule has 1 saturated heterocycles. The van der Waals surface area contributed by atoms with Crippen LogP contribution in [0.3, 0.4) is 0 Å². The van der Waals surface area contributed by atoms with Crippen LogP contribution in [0.2, 0.25) is 0 Å². The van der Waals surface area contributed by atoms with Gasteiger partial charge in [0.15, 0.2) is 0 Å². The summed E-state index contributed by atoms with van der Waals surface area (Å²) in [4.78, 5) is 36.0. The van der Waals surface area contributed by atoms with Gasteiger partial charge in [0.25, 0.3) is 5.91 Å². The van der Waals surface area contributed by atoms with Crippen LogP contribution in [-0.2, 0) is 0 Å². The second kappa shape index (κ2) is 8.15. The van der Waals surface area contributed by atoms with Gasteiger partial charge in [0.2, 0.25) is 5.69 Å². The minimum Gasteiger partial charge on any atom is -0.367 e. The highest BCUT2D eigenvalue weighted by Gasteiger charge is 2.27. The van der Waals surface area contributed by atoms with Gasteiger partial charge in [-0.3, -0.25) is 20.0 Å². The minimum atomic E-state index is -0.685. The number of aromatic nitrogens is 4. The van der Waals surface area contributed by atoms with Gasteiger partial charge in [-0.1, -0.05) is 6.07 Å². The van der Waals surface area contributed by atoms with Crippen molar-refractivity contribution in [1.29, 1.82) is 0 Å². The third kappa shape index (κ3) is 3.90. The lowest BCUT2D eigenvalue weighted by Gasteiger charge is -2.36. The van der Waals surface area contributed by atoms with Crippen LogP contribution in [0.1, 0.15) is 16.2 Å². The molecule has 0 unspecified atom stereocenters. The molecule has 0 spiro atoms. The average molecular weight is 408 g/mol. The summed E-state index contributed by atoms with van der Waals surface area (Å²) in [6.45, 7) is 4.82. The van der Waals surface area contributed by atoms with Gasteiger partial charge < -0.3 is 15.1 Å². The number of rotatable bonds is 5. The van der Waals surface area contributed by atoms with Crippen molar-refractivity contribution in [3.8, 4) is 0 Å². The molecule has 11 heteroatoms. The van der Waals surface area contributed by atoms with Crippen LogP contribution in [0, 0.1) is 17.0 Å². The van der Waals surface area contributed by atoms with Gasteiger partial charge in [-0.05, 0) is 31.2 Å². The van der Waals surface area contributed by atoms with Crippen LogP contribution in [0.5, 0.6) is 0 Å². The molecule has 3 aromatic rings. The highest BCUT2D eigenvalue weighted by Crippen LogP contribution is 2.22. The predicted octanol–water partition coefficient (Wildman–Crippen LogP) is 2.00. The number of piperazine rings is 1. The number of amides is 1. The molecular weight excluding hydrogens is 388 g/mol. The number of aryl methyl sites for hydroxylation is 1. The quantitative estimate of drug-likeness (QED) is 0.484. The van der Waals surface area contributed by atoms with Crippen molar-refractivity contribution in [2.45, 2.75) is 6.92 Å². The lowest BCUT2D eigenvalue weighted by Crippen LogP contribution is -2.46. The second-order valence-corrected chi connectivity index (χ2v) is 6.82. The Kier molecular flexibility index (Phi) is 5.24. The van der Waals surface area contributed by atoms with Gasteiger partial charge in [-0.25, -0.2) is 9.97 Å². The van der Waals surface area contributed by atoms with Crippen LogP contribution in [0.25, 0.3) is 0 Å². The first-order valence-electron chi connectivity index (χ1n) is 9.40. The van der Waals surface area contributed by atoms with Gasteiger partial charge >= 0.3 is 5.69 Å². The highest BCUT2D eigenvalue weighted by molar-refractivity contribution is 6.05. The van der Waals surface area contributed by atoms with E-state index in [0.717, 1.165) is 37.7 Å². The topological polar surface area (TPSA) is 133 Å². The van der Waals surface area contributed by atoms with E-state index >= 15 is 0 Å². The fraction of sp³-hybridized carbons (Fsp3) is 0.263. The maximum absolute atomic E-state index is 12.4. The van der Waals surface area contributed by atoms with Crippen LogP contribution in [0.4, 0.5) is 23.0 Å². The van der Waals surface area contributed by atoms with Crippen molar-refractivity contribution in [3.05, 3.63) is 64.2 Å². The Morgan fingerprint density at radius 1 is 1.13 bits per heavy atom. The number of hydrogen-bond acceptors (Lipinski definition) is 8. The molecule has 0 radical (unpaired) electrons. The Balaban J connectivity index is 1.38. The molecule has 0 aromatic carbocycles. The van der Waals surface area contributed by atoms with Crippen molar-refractivity contribution in [2.24, 2.45) is 0 Å². The number of H-pyrrole nitrogens is 1. The molecule has 0 aliphatic carbocycles. The zero-order chi connectivity index (χ0) is 21.1. The van der Waals surface area contributed by atoms with Crippen LogP contribution < -0.4 is 15.1 Å². The van der Waals surface area contributed by atoms with Crippen LogP contribution in [0.15, 0.2) is 42.7 Å². The number of carbonyl (C=O) groups excluding carboxylic acids is 1. The summed E-state index contributed by atoms with van der Waals surface area (Å²) >= 11 is 0. The first-order valence-corrected chi connectivity index (χ1v) is 9.40. The van der Waals surface area contributed by atoms with Gasteiger partial charge in [-0.15, -0.1) is 0 Å². The molecule has 2 N–H and O–H groups in total. The molecule has 154 valence electrons. The summed E-state index contributed by atoms with van der Waals surface area (Å²) in [5, 5.41) is 19.9. The largest absolute Gasteiger partial charge is 0.367 e. The summed E-state index contributed by atoms with van der Waals surface area (Å²) in [6, 6.07) is 9.41. The molecule has 4 rings (SSSR count). The van der Waals surface area contributed by atoms with E-state index in [0.29, 0.717) is 5.82 Å². The van der Waals surface area contributed by atoms with Crippen molar-refractivity contribution in [3.63, 3.8) is 0 Å². The van der Waals surface area contributed by atoms with E-state index in [1.165, 1.54) is 6.92 Å². The monoisotopic (exact) mass is 408 g/mol. The molecule has 1 amide bonds. The summed E-state index contributed by atoms with van der Waals surface area (Å²) < 4.78 is 0. The summed E-state index contributed by atoms with van der Waals surface area (Å²) in [6.07, 6.45) is 3.47. The number of nitrogens with one attached hydrogen (secondary N) is 2. The molecule has 1 aliphatic rings. The average Bonchev–Trinajstić information content (AvgIpc) is 3.17. The first-order chi connectivity index (χ1) is 14.5. The number of pyridine rings is 2. The third-order valence-corrected chi connectivity index (χ3v) is 4.92. The molecule has 1 fully saturated rings. The number of nitro groups is 1.